The summed E-state index contributed by atoms with van der Waals surface area (Å²) in [5, 5.41) is 0. The van der Waals surface area contributed by atoms with Gasteiger partial charge in [0.1, 0.15) is 0 Å². The maximum absolute atomic E-state index is 3.76. The predicted molar refractivity (Wildman–Crippen MR) is 49.0 cm³/mol. The molecule has 0 saturated heterocycles. The minimum absolute atomic E-state index is 0.530. The van der Waals surface area contributed by atoms with E-state index in [1.54, 1.807) is 0 Å². The number of allylic oxidation sites excluding steroid dienone is 2. The summed E-state index contributed by atoms with van der Waals surface area (Å²) in [5.41, 5.74) is 0. The molecule has 1 unspecified atom stereocenters. The zero-order valence-corrected chi connectivity index (χ0v) is 7.03. The van der Waals surface area contributed by atoms with Crippen molar-refractivity contribution in [1.29, 1.82) is 0 Å². The van der Waals surface area contributed by atoms with Crippen molar-refractivity contribution in [3.05, 3.63) is 37.2 Å². The third-order valence-corrected chi connectivity index (χ3v) is 1.88. The first-order chi connectivity index (χ1) is 5.38. The van der Waals surface area contributed by atoms with E-state index in [4.69, 9.17) is 0 Å². The highest BCUT2D eigenvalue weighted by Crippen LogP contribution is 2.13. The second kappa shape index (κ2) is 4.02. The first-order valence-electron chi connectivity index (χ1n) is 4.13. The van der Waals surface area contributed by atoms with Crippen molar-refractivity contribution < 1.29 is 0 Å². The van der Waals surface area contributed by atoms with Crippen LogP contribution in [0.15, 0.2) is 37.2 Å². The first kappa shape index (κ1) is 8.12. The van der Waals surface area contributed by atoms with Crippen LogP contribution in [-0.2, 0) is 0 Å². The Morgan fingerprint density at radius 1 is 1.55 bits per heavy atom. The van der Waals surface area contributed by atoms with Crippen molar-refractivity contribution in [3.63, 3.8) is 0 Å². The van der Waals surface area contributed by atoms with Gasteiger partial charge in [0.05, 0.1) is 6.04 Å². The lowest BCUT2D eigenvalue weighted by atomic mass is 10.1. The normalized spacial score (nSPS) is 22.3. The van der Waals surface area contributed by atoms with Crippen molar-refractivity contribution >= 4 is 0 Å². The molecule has 0 bridgehead atoms. The summed E-state index contributed by atoms with van der Waals surface area (Å²) in [6.45, 7) is 5.96. The number of hydrogen-bond acceptors (Lipinski definition) is 1. The molecule has 0 spiro atoms. The van der Waals surface area contributed by atoms with E-state index in [1.165, 1.54) is 12.8 Å². The largest absolute Gasteiger partial charge is 0.348 e. The molecule has 1 heterocycles. The molecule has 11 heavy (non-hydrogen) atoms. The molecule has 0 aromatic carbocycles. The van der Waals surface area contributed by atoms with Crippen molar-refractivity contribution in [3.8, 4) is 0 Å². The van der Waals surface area contributed by atoms with Crippen LogP contribution in [0.3, 0.4) is 0 Å². The smallest absolute Gasteiger partial charge is 0.0513 e. The van der Waals surface area contributed by atoms with E-state index in [1.807, 2.05) is 12.3 Å². The lowest BCUT2D eigenvalue weighted by Crippen LogP contribution is -2.24. The predicted octanol–water partition coefficient (Wildman–Crippen LogP) is 2.68. The van der Waals surface area contributed by atoms with Gasteiger partial charge in [0, 0.05) is 6.20 Å². The van der Waals surface area contributed by atoms with Crippen LogP contribution in [0.25, 0.3) is 0 Å². The van der Waals surface area contributed by atoms with Crippen molar-refractivity contribution in [1.82, 2.24) is 4.90 Å². The molecule has 0 aromatic rings. The number of hydrogen-bond donors (Lipinski definition) is 0. The second-order valence-corrected chi connectivity index (χ2v) is 2.71. The monoisotopic (exact) mass is 149 g/mol. The fourth-order valence-corrected chi connectivity index (χ4v) is 1.29. The topological polar surface area (TPSA) is 3.24 Å². The Bertz CT molecular complexity index is 179. The van der Waals surface area contributed by atoms with Crippen LogP contribution in [0.1, 0.15) is 19.8 Å². The third kappa shape index (κ3) is 1.97. The highest BCUT2D eigenvalue weighted by molar-refractivity contribution is 5.14. The average molecular weight is 149 g/mol. The van der Waals surface area contributed by atoms with Crippen LogP contribution in [0.5, 0.6) is 0 Å². The van der Waals surface area contributed by atoms with Crippen molar-refractivity contribution in [2.45, 2.75) is 25.8 Å². The van der Waals surface area contributed by atoms with Crippen molar-refractivity contribution in [2.75, 3.05) is 0 Å². The summed E-state index contributed by atoms with van der Waals surface area (Å²) < 4.78 is 0. The van der Waals surface area contributed by atoms with Crippen LogP contribution < -0.4 is 0 Å². The Kier molecular flexibility index (Phi) is 2.96. The molecule has 0 radical (unpaired) electrons. The highest BCUT2D eigenvalue weighted by atomic mass is 15.1. The maximum atomic E-state index is 3.76. The minimum Gasteiger partial charge on any atom is -0.348 e. The van der Waals surface area contributed by atoms with E-state index >= 15 is 0 Å². The lowest BCUT2D eigenvalue weighted by molar-refractivity contribution is 0.397. The Morgan fingerprint density at radius 3 is 3.00 bits per heavy atom. The van der Waals surface area contributed by atoms with Crippen LogP contribution in [0, 0.1) is 0 Å². The molecule has 1 heteroatoms. The lowest BCUT2D eigenvalue weighted by Gasteiger charge is -2.26. The molecule has 0 aromatic heterocycles. The van der Waals surface area contributed by atoms with Gasteiger partial charge in [-0.2, -0.15) is 0 Å². The third-order valence-electron chi connectivity index (χ3n) is 1.88. The summed E-state index contributed by atoms with van der Waals surface area (Å²) in [6.07, 6.45) is 12.7. The zero-order chi connectivity index (χ0) is 8.10. The molecule has 1 rings (SSSR count). The summed E-state index contributed by atoms with van der Waals surface area (Å²) in [6, 6.07) is 0.530. The molecular weight excluding hydrogens is 134 g/mol. The summed E-state index contributed by atoms with van der Waals surface area (Å²) in [5.74, 6) is 0. The van der Waals surface area contributed by atoms with Gasteiger partial charge < -0.3 is 4.90 Å². The molecule has 1 atom stereocenters. The SMILES string of the molecule is C=CN1C=CC=CC1CCC. The molecule has 0 amide bonds. The fraction of sp³-hybridized carbons (Fsp3) is 0.400. The second-order valence-electron chi connectivity index (χ2n) is 2.71. The van der Waals surface area contributed by atoms with Gasteiger partial charge in [-0.15, -0.1) is 0 Å². The van der Waals surface area contributed by atoms with Crippen LogP contribution in [-0.4, -0.2) is 10.9 Å². The van der Waals surface area contributed by atoms with Crippen LogP contribution in [0.4, 0.5) is 0 Å². The van der Waals surface area contributed by atoms with Gasteiger partial charge in [0.25, 0.3) is 0 Å². The molecule has 0 saturated carbocycles. The molecule has 0 aliphatic carbocycles. The minimum atomic E-state index is 0.530. The summed E-state index contributed by atoms with van der Waals surface area (Å²) in [7, 11) is 0. The zero-order valence-electron chi connectivity index (χ0n) is 7.03. The maximum Gasteiger partial charge on any atom is 0.0513 e. The van der Waals surface area contributed by atoms with Gasteiger partial charge in [-0.1, -0.05) is 32.1 Å². The van der Waals surface area contributed by atoms with Gasteiger partial charge >= 0.3 is 0 Å². The molecule has 1 nitrogen and oxygen atoms in total. The van der Waals surface area contributed by atoms with Crippen LogP contribution in [0.2, 0.25) is 0 Å². The number of rotatable bonds is 3. The Balaban J connectivity index is 2.55. The van der Waals surface area contributed by atoms with Crippen molar-refractivity contribution in [2.24, 2.45) is 0 Å². The van der Waals surface area contributed by atoms with E-state index in [-0.39, 0.29) is 0 Å². The van der Waals surface area contributed by atoms with Crippen LogP contribution >= 0.6 is 0 Å². The highest BCUT2D eigenvalue weighted by Gasteiger charge is 2.09. The molecule has 60 valence electrons. The van der Waals surface area contributed by atoms with E-state index in [0.717, 1.165) is 0 Å². The Morgan fingerprint density at radius 2 is 2.36 bits per heavy atom. The van der Waals surface area contributed by atoms with Gasteiger partial charge in [0.15, 0.2) is 0 Å². The van der Waals surface area contributed by atoms with Gasteiger partial charge in [-0.3, -0.25) is 0 Å². The Labute approximate surface area is 68.7 Å². The molecular formula is C10H15N. The van der Waals surface area contributed by atoms with Gasteiger partial charge in [-0.25, -0.2) is 0 Å². The molecule has 0 fully saturated rings. The van der Waals surface area contributed by atoms with E-state index < -0.39 is 0 Å². The van der Waals surface area contributed by atoms with E-state index in [0.29, 0.717) is 6.04 Å². The molecule has 1 aliphatic rings. The standard InChI is InChI=1S/C10H15N/c1-3-7-10-8-5-6-9-11(10)4-2/h4-6,8-10H,2-3,7H2,1H3. The fourth-order valence-electron chi connectivity index (χ4n) is 1.29. The van der Waals surface area contributed by atoms with Gasteiger partial charge in [0.2, 0.25) is 0 Å². The van der Waals surface area contributed by atoms with E-state index in [9.17, 15) is 0 Å². The molecule has 1 aliphatic heterocycles. The summed E-state index contributed by atoms with van der Waals surface area (Å²) in [4.78, 5) is 2.14. The molecule has 0 N–H and O–H groups in total. The van der Waals surface area contributed by atoms with E-state index in [2.05, 4.69) is 36.8 Å². The summed E-state index contributed by atoms with van der Waals surface area (Å²) >= 11 is 0. The quantitative estimate of drug-likeness (QED) is 0.596. The number of nitrogens with zero attached hydrogens (tertiary/aromatic N) is 1. The Hall–Kier alpha value is -0.980. The van der Waals surface area contributed by atoms with Gasteiger partial charge in [-0.05, 0) is 18.7 Å². The first-order valence-corrected chi connectivity index (χ1v) is 4.13. The average Bonchev–Trinajstić information content (AvgIpc) is 2.06.